The Morgan fingerprint density at radius 1 is 1.00 bits per heavy atom. The van der Waals surface area contributed by atoms with E-state index in [4.69, 9.17) is 4.74 Å². The summed E-state index contributed by atoms with van der Waals surface area (Å²) in [7, 11) is 0. The second-order valence-electron chi connectivity index (χ2n) is 6.32. The quantitative estimate of drug-likeness (QED) is 0.593. The van der Waals surface area contributed by atoms with E-state index >= 15 is 0 Å². The van der Waals surface area contributed by atoms with E-state index < -0.39 is 0 Å². The number of nitrogens with zero attached hydrogens (tertiary/aromatic N) is 3. The number of quaternary nitrogens is 1. The topological polar surface area (TPSA) is 15.7 Å². The predicted molar refractivity (Wildman–Crippen MR) is 78.3 cm³/mol. The molecule has 108 valence electrons. The maximum atomic E-state index is 5.84. The highest BCUT2D eigenvalue weighted by Gasteiger charge is 2.56. The Balaban J connectivity index is 1.31. The highest BCUT2D eigenvalue weighted by atomic mass is 16.5. The van der Waals surface area contributed by atoms with E-state index in [0.717, 1.165) is 18.8 Å². The van der Waals surface area contributed by atoms with Crippen molar-refractivity contribution in [2.45, 2.75) is 12.7 Å². The van der Waals surface area contributed by atoms with Crippen LogP contribution < -0.4 is 4.74 Å². The molecular weight excluding hydrogens is 250 g/mol. The van der Waals surface area contributed by atoms with Crippen molar-refractivity contribution in [1.82, 2.24) is 9.80 Å². The van der Waals surface area contributed by atoms with E-state index in [1.165, 1.54) is 50.3 Å². The van der Waals surface area contributed by atoms with Crippen molar-refractivity contribution in [1.29, 1.82) is 0 Å². The lowest BCUT2D eigenvalue weighted by molar-refractivity contribution is -0.936. The summed E-state index contributed by atoms with van der Waals surface area (Å²) in [6, 6.07) is 10.2. The average molecular weight is 274 g/mol. The fraction of sp³-hybridized carbons (Fsp3) is 0.625. The van der Waals surface area contributed by atoms with Crippen LogP contribution in [0.4, 0.5) is 0 Å². The van der Waals surface area contributed by atoms with Crippen molar-refractivity contribution in [3.63, 3.8) is 0 Å². The van der Waals surface area contributed by atoms with Gasteiger partial charge in [0, 0.05) is 19.5 Å². The third kappa shape index (κ3) is 2.03. The van der Waals surface area contributed by atoms with Crippen molar-refractivity contribution in [3.05, 3.63) is 30.3 Å². The van der Waals surface area contributed by atoms with Crippen molar-refractivity contribution in [2.75, 3.05) is 52.4 Å². The van der Waals surface area contributed by atoms with Gasteiger partial charge in [0.1, 0.15) is 5.75 Å². The first-order valence-electron chi connectivity index (χ1n) is 7.89. The van der Waals surface area contributed by atoms with E-state index in [-0.39, 0.29) is 0 Å². The number of rotatable bonds is 5. The molecule has 0 atom stereocenters. The Hall–Kier alpha value is -1.10. The highest BCUT2D eigenvalue weighted by molar-refractivity contribution is 5.20. The van der Waals surface area contributed by atoms with Crippen LogP contribution in [-0.4, -0.2) is 73.0 Å². The average Bonchev–Trinajstić information content (AvgIpc) is 3.14. The van der Waals surface area contributed by atoms with E-state index in [0.29, 0.717) is 6.29 Å². The number of benzene rings is 1. The second-order valence-corrected chi connectivity index (χ2v) is 6.32. The van der Waals surface area contributed by atoms with Crippen LogP contribution in [0, 0.1) is 0 Å². The van der Waals surface area contributed by atoms with Crippen molar-refractivity contribution >= 4 is 0 Å². The summed E-state index contributed by atoms with van der Waals surface area (Å²) in [6.45, 7) is 9.94. The zero-order chi connectivity index (χ0) is 13.4. The normalized spacial score (nSPS) is 32.7. The molecule has 3 aliphatic heterocycles. The lowest BCUT2D eigenvalue weighted by atomic mass is 10.3. The molecule has 0 spiro atoms. The first-order valence-corrected chi connectivity index (χ1v) is 7.89. The minimum Gasteiger partial charge on any atom is -0.493 e. The largest absolute Gasteiger partial charge is 0.493 e. The molecule has 3 heterocycles. The Morgan fingerprint density at radius 3 is 2.40 bits per heavy atom. The Kier molecular flexibility index (Phi) is 3.17. The molecule has 3 aliphatic rings. The van der Waals surface area contributed by atoms with Crippen LogP contribution in [0.25, 0.3) is 0 Å². The molecule has 0 bridgehead atoms. The van der Waals surface area contributed by atoms with Gasteiger partial charge in [-0.1, -0.05) is 18.2 Å². The SMILES string of the molecule is c1ccc(OCCC[N+]23CCN4CCN(CC2)C43)cc1. The summed E-state index contributed by atoms with van der Waals surface area (Å²) in [5, 5.41) is 0. The molecule has 0 unspecified atom stereocenters. The van der Waals surface area contributed by atoms with Gasteiger partial charge >= 0.3 is 0 Å². The molecule has 0 N–H and O–H groups in total. The van der Waals surface area contributed by atoms with Gasteiger partial charge in [0.05, 0.1) is 39.3 Å². The van der Waals surface area contributed by atoms with Crippen LogP contribution in [0.3, 0.4) is 0 Å². The van der Waals surface area contributed by atoms with Crippen LogP contribution in [0.2, 0.25) is 0 Å². The Labute approximate surface area is 121 Å². The molecule has 0 saturated carbocycles. The van der Waals surface area contributed by atoms with Crippen LogP contribution in [0.5, 0.6) is 5.75 Å². The maximum absolute atomic E-state index is 5.84. The molecule has 4 nitrogen and oxygen atoms in total. The van der Waals surface area contributed by atoms with Gasteiger partial charge in [-0.2, -0.15) is 0 Å². The molecule has 4 heteroatoms. The number of ether oxygens (including phenoxy) is 1. The van der Waals surface area contributed by atoms with Crippen LogP contribution >= 0.6 is 0 Å². The predicted octanol–water partition coefficient (Wildman–Crippen LogP) is 1.20. The zero-order valence-electron chi connectivity index (χ0n) is 12.1. The molecule has 4 rings (SSSR count). The van der Waals surface area contributed by atoms with Gasteiger partial charge < -0.3 is 4.74 Å². The Morgan fingerprint density at radius 2 is 1.70 bits per heavy atom. The lowest BCUT2D eigenvalue weighted by Gasteiger charge is -2.34. The van der Waals surface area contributed by atoms with E-state index in [9.17, 15) is 0 Å². The summed E-state index contributed by atoms with van der Waals surface area (Å²) in [4.78, 5) is 5.37. The monoisotopic (exact) mass is 274 g/mol. The van der Waals surface area contributed by atoms with Gasteiger partial charge in [-0.05, 0) is 12.1 Å². The molecule has 1 aromatic rings. The van der Waals surface area contributed by atoms with Gasteiger partial charge in [-0.3, -0.25) is 4.48 Å². The molecule has 3 fully saturated rings. The zero-order valence-corrected chi connectivity index (χ0v) is 12.1. The van der Waals surface area contributed by atoms with Gasteiger partial charge in [0.25, 0.3) is 0 Å². The summed E-state index contributed by atoms with van der Waals surface area (Å²) < 4.78 is 7.15. The number of hydrogen-bond donors (Lipinski definition) is 0. The van der Waals surface area contributed by atoms with E-state index in [1.54, 1.807) is 0 Å². The molecule has 0 radical (unpaired) electrons. The summed E-state index contributed by atoms with van der Waals surface area (Å²) >= 11 is 0. The third-order valence-electron chi connectivity index (χ3n) is 5.24. The standard InChI is InChI=1S/C16H24N3O/c1-2-5-15(6-3-1)20-14-4-11-19-12-9-17-7-8-18(10-13-19)16(17)19/h1-3,5-6,16H,4,7-14H2/q+1. The summed E-state index contributed by atoms with van der Waals surface area (Å²) in [5.74, 6) is 1.000. The fourth-order valence-corrected chi connectivity index (χ4v) is 4.29. The van der Waals surface area contributed by atoms with Crippen LogP contribution in [0.15, 0.2) is 30.3 Å². The second kappa shape index (κ2) is 5.02. The molecule has 0 aliphatic carbocycles. The van der Waals surface area contributed by atoms with Crippen molar-refractivity contribution < 1.29 is 9.22 Å². The molecule has 3 saturated heterocycles. The lowest BCUT2D eigenvalue weighted by Crippen LogP contribution is -2.53. The summed E-state index contributed by atoms with van der Waals surface area (Å²) in [5.41, 5.74) is 0. The van der Waals surface area contributed by atoms with Gasteiger partial charge in [0.15, 0.2) is 0 Å². The Bertz CT molecular complexity index is 448. The number of hydrogen-bond acceptors (Lipinski definition) is 3. The first kappa shape index (κ1) is 12.6. The highest BCUT2D eigenvalue weighted by Crippen LogP contribution is 2.35. The third-order valence-corrected chi connectivity index (χ3v) is 5.24. The van der Waals surface area contributed by atoms with E-state index in [2.05, 4.69) is 9.80 Å². The first-order chi connectivity index (χ1) is 9.87. The van der Waals surface area contributed by atoms with Crippen LogP contribution in [0.1, 0.15) is 6.42 Å². The summed E-state index contributed by atoms with van der Waals surface area (Å²) in [6.07, 6.45) is 1.86. The molecule has 0 amide bonds. The van der Waals surface area contributed by atoms with Gasteiger partial charge in [-0.25, -0.2) is 9.80 Å². The minimum absolute atomic E-state index is 0.701. The van der Waals surface area contributed by atoms with Crippen molar-refractivity contribution in [3.8, 4) is 5.75 Å². The van der Waals surface area contributed by atoms with Crippen molar-refractivity contribution in [2.24, 2.45) is 0 Å². The smallest absolute Gasteiger partial charge is 0.205 e. The maximum Gasteiger partial charge on any atom is 0.205 e. The van der Waals surface area contributed by atoms with Gasteiger partial charge in [-0.15, -0.1) is 0 Å². The minimum atomic E-state index is 0.701. The number of para-hydroxylation sites is 1. The van der Waals surface area contributed by atoms with Gasteiger partial charge in [0.2, 0.25) is 6.29 Å². The molecule has 1 aromatic carbocycles. The fourth-order valence-electron chi connectivity index (χ4n) is 4.29. The van der Waals surface area contributed by atoms with Crippen LogP contribution in [-0.2, 0) is 0 Å². The molecule has 20 heavy (non-hydrogen) atoms. The van der Waals surface area contributed by atoms with E-state index in [1.807, 2.05) is 30.3 Å². The molecule has 0 aromatic heterocycles. The molecular formula is C16H24N3O+.